The Labute approximate surface area is 124 Å². The van der Waals surface area contributed by atoms with Crippen molar-refractivity contribution >= 4 is 10.0 Å². The standard InChI is InChI=1S/C14H19NO5S/c1-10-9-20-11(2)8-15(10)21(16,17)12-3-4-13-14(7-12)19-6-5-18-13/h3-4,7,10-11H,5-6,8-9H2,1-2H3/t10-,11+/m0/s1. The lowest BCUT2D eigenvalue weighted by Crippen LogP contribution is -2.50. The summed E-state index contributed by atoms with van der Waals surface area (Å²) < 4.78 is 43.5. The van der Waals surface area contributed by atoms with E-state index in [1.54, 1.807) is 12.1 Å². The van der Waals surface area contributed by atoms with E-state index in [1.165, 1.54) is 10.4 Å². The van der Waals surface area contributed by atoms with Gasteiger partial charge in [-0.2, -0.15) is 4.31 Å². The van der Waals surface area contributed by atoms with Crippen LogP contribution in [0.1, 0.15) is 13.8 Å². The number of sulfonamides is 1. The molecule has 0 N–H and O–H groups in total. The Balaban J connectivity index is 1.94. The van der Waals surface area contributed by atoms with Crippen LogP contribution in [0, 0.1) is 0 Å². The molecule has 7 heteroatoms. The Hall–Kier alpha value is -1.31. The highest BCUT2D eigenvalue weighted by Crippen LogP contribution is 2.34. The van der Waals surface area contributed by atoms with Gasteiger partial charge in [-0.05, 0) is 26.0 Å². The summed E-state index contributed by atoms with van der Waals surface area (Å²) >= 11 is 0. The average Bonchev–Trinajstić information content (AvgIpc) is 2.49. The first-order valence-electron chi connectivity index (χ1n) is 7.01. The van der Waals surface area contributed by atoms with Crippen molar-refractivity contribution in [3.63, 3.8) is 0 Å². The van der Waals surface area contributed by atoms with Gasteiger partial charge in [0.25, 0.3) is 0 Å². The molecule has 1 aromatic rings. The van der Waals surface area contributed by atoms with Crippen LogP contribution in [0.4, 0.5) is 0 Å². The van der Waals surface area contributed by atoms with E-state index in [9.17, 15) is 8.42 Å². The molecule has 116 valence electrons. The minimum Gasteiger partial charge on any atom is -0.486 e. The molecule has 0 aromatic heterocycles. The first-order valence-corrected chi connectivity index (χ1v) is 8.45. The second-order valence-electron chi connectivity index (χ2n) is 5.37. The number of nitrogens with zero attached hydrogens (tertiary/aromatic N) is 1. The smallest absolute Gasteiger partial charge is 0.243 e. The van der Waals surface area contributed by atoms with E-state index in [0.717, 1.165) is 0 Å². The van der Waals surface area contributed by atoms with E-state index in [1.807, 2.05) is 13.8 Å². The van der Waals surface area contributed by atoms with Gasteiger partial charge in [-0.1, -0.05) is 0 Å². The predicted octanol–water partition coefficient (Wildman–Crippen LogP) is 1.26. The molecule has 0 radical (unpaired) electrons. The normalized spacial score (nSPS) is 26.6. The molecular formula is C14H19NO5S. The van der Waals surface area contributed by atoms with Crippen molar-refractivity contribution in [3.8, 4) is 11.5 Å². The van der Waals surface area contributed by atoms with Crippen molar-refractivity contribution in [3.05, 3.63) is 18.2 Å². The molecule has 2 aliphatic rings. The van der Waals surface area contributed by atoms with Gasteiger partial charge in [-0.3, -0.25) is 0 Å². The summed E-state index contributed by atoms with van der Waals surface area (Å²) in [6.07, 6.45) is -0.104. The maximum atomic E-state index is 12.8. The summed E-state index contributed by atoms with van der Waals surface area (Å²) in [4.78, 5) is 0.229. The Bertz CT molecular complexity index is 630. The highest BCUT2D eigenvalue weighted by Gasteiger charge is 2.34. The molecule has 0 aliphatic carbocycles. The molecule has 2 heterocycles. The van der Waals surface area contributed by atoms with Crippen LogP contribution < -0.4 is 9.47 Å². The van der Waals surface area contributed by atoms with Crippen LogP contribution >= 0.6 is 0 Å². The minimum atomic E-state index is -3.56. The fourth-order valence-electron chi connectivity index (χ4n) is 2.53. The number of morpholine rings is 1. The molecule has 0 saturated carbocycles. The molecule has 2 aliphatic heterocycles. The van der Waals surface area contributed by atoms with Crippen LogP contribution in [0.2, 0.25) is 0 Å². The van der Waals surface area contributed by atoms with Crippen LogP contribution in [-0.2, 0) is 14.8 Å². The molecule has 1 aromatic carbocycles. The van der Waals surface area contributed by atoms with Gasteiger partial charge in [0.15, 0.2) is 11.5 Å². The molecule has 0 amide bonds. The summed E-state index contributed by atoms with van der Waals surface area (Å²) in [6, 6.07) is 4.57. The van der Waals surface area contributed by atoms with Gasteiger partial charge in [0, 0.05) is 18.7 Å². The zero-order chi connectivity index (χ0) is 15.0. The summed E-state index contributed by atoms with van der Waals surface area (Å²) in [6.45, 7) is 5.40. The lowest BCUT2D eigenvalue weighted by atomic mass is 10.2. The van der Waals surface area contributed by atoms with E-state index in [2.05, 4.69) is 0 Å². The van der Waals surface area contributed by atoms with Gasteiger partial charge < -0.3 is 14.2 Å². The molecule has 0 bridgehead atoms. The van der Waals surface area contributed by atoms with E-state index in [0.29, 0.717) is 37.9 Å². The fourth-order valence-corrected chi connectivity index (χ4v) is 4.23. The van der Waals surface area contributed by atoms with Gasteiger partial charge in [0.05, 0.1) is 17.6 Å². The number of ether oxygens (including phenoxy) is 3. The molecule has 0 unspecified atom stereocenters. The summed E-state index contributed by atoms with van der Waals surface area (Å²) in [7, 11) is -3.56. The van der Waals surface area contributed by atoms with Gasteiger partial charge >= 0.3 is 0 Å². The highest BCUT2D eigenvalue weighted by molar-refractivity contribution is 7.89. The fraction of sp³-hybridized carbons (Fsp3) is 0.571. The largest absolute Gasteiger partial charge is 0.486 e. The molecular weight excluding hydrogens is 294 g/mol. The first kappa shape index (κ1) is 14.6. The molecule has 3 rings (SSSR count). The summed E-state index contributed by atoms with van der Waals surface area (Å²) in [5, 5.41) is 0. The maximum absolute atomic E-state index is 12.8. The predicted molar refractivity (Wildman–Crippen MR) is 76.2 cm³/mol. The number of benzene rings is 1. The van der Waals surface area contributed by atoms with Crippen molar-refractivity contribution in [2.45, 2.75) is 30.9 Å². The Kier molecular flexibility index (Phi) is 3.81. The SMILES string of the molecule is C[C@@H]1CN(S(=O)(=O)c2ccc3c(c2)OCCO3)[C@@H](C)CO1. The van der Waals surface area contributed by atoms with E-state index in [-0.39, 0.29) is 17.0 Å². The second-order valence-corrected chi connectivity index (χ2v) is 7.26. The van der Waals surface area contributed by atoms with Crippen LogP contribution in [0.3, 0.4) is 0 Å². The molecule has 1 fully saturated rings. The lowest BCUT2D eigenvalue weighted by Gasteiger charge is -2.35. The van der Waals surface area contributed by atoms with Crippen molar-refractivity contribution in [2.75, 3.05) is 26.4 Å². The van der Waals surface area contributed by atoms with Crippen LogP contribution in [0.15, 0.2) is 23.1 Å². The Morgan fingerprint density at radius 1 is 1.14 bits per heavy atom. The number of rotatable bonds is 2. The quantitative estimate of drug-likeness (QED) is 0.822. The third-order valence-corrected chi connectivity index (χ3v) is 5.65. The summed E-state index contributed by atoms with van der Waals surface area (Å²) in [5.74, 6) is 1.07. The van der Waals surface area contributed by atoms with Crippen molar-refractivity contribution in [1.29, 1.82) is 0 Å². The van der Waals surface area contributed by atoms with Gasteiger partial charge in [-0.25, -0.2) is 8.42 Å². The van der Waals surface area contributed by atoms with Crippen molar-refractivity contribution in [1.82, 2.24) is 4.31 Å². The van der Waals surface area contributed by atoms with Crippen molar-refractivity contribution < 1.29 is 22.6 Å². The molecule has 1 saturated heterocycles. The van der Waals surface area contributed by atoms with Crippen LogP contribution in [-0.4, -0.2) is 51.2 Å². The van der Waals surface area contributed by atoms with E-state index >= 15 is 0 Å². The Morgan fingerprint density at radius 2 is 1.86 bits per heavy atom. The van der Waals surface area contributed by atoms with E-state index in [4.69, 9.17) is 14.2 Å². The zero-order valence-electron chi connectivity index (χ0n) is 12.1. The Morgan fingerprint density at radius 3 is 2.62 bits per heavy atom. The van der Waals surface area contributed by atoms with Crippen LogP contribution in [0.25, 0.3) is 0 Å². The number of fused-ring (bicyclic) bond motifs is 1. The first-order chi connectivity index (χ1) is 9.98. The molecule has 6 nitrogen and oxygen atoms in total. The highest BCUT2D eigenvalue weighted by atomic mass is 32.2. The zero-order valence-corrected chi connectivity index (χ0v) is 12.9. The van der Waals surface area contributed by atoms with E-state index < -0.39 is 10.0 Å². The minimum absolute atomic E-state index is 0.104. The van der Waals surface area contributed by atoms with Crippen LogP contribution in [0.5, 0.6) is 11.5 Å². The molecule has 2 atom stereocenters. The molecule has 21 heavy (non-hydrogen) atoms. The average molecular weight is 313 g/mol. The topological polar surface area (TPSA) is 65.1 Å². The van der Waals surface area contributed by atoms with Crippen molar-refractivity contribution in [2.24, 2.45) is 0 Å². The number of hydrogen-bond donors (Lipinski definition) is 0. The lowest BCUT2D eigenvalue weighted by molar-refractivity contribution is -0.0170. The van der Waals surface area contributed by atoms with Gasteiger partial charge in [-0.15, -0.1) is 0 Å². The monoisotopic (exact) mass is 313 g/mol. The van der Waals surface area contributed by atoms with Gasteiger partial charge in [0.1, 0.15) is 13.2 Å². The third-order valence-electron chi connectivity index (χ3n) is 3.67. The number of hydrogen-bond acceptors (Lipinski definition) is 5. The maximum Gasteiger partial charge on any atom is 0.243 e. The molecule has 0 spiro atoms. The van der Waals surface area contributed by atoms with Gasteiger partial charge in [0.2, 0.25) is 10.0 Å². The summed E-state index contributed by atoms with van der Waals surface area (Å²) in [5.41, 5.74) is 0. The third kappa shape index (κ3) is 2.73. The second kappa shape index (κ2) is 5.47.